The number of aromatic nitrogens is 6. The van der Waals surface area contributed by atoms with Crippen LogP contribution >= 0.6 is 23.1 Å². The van der Waals surface area contributed by atoms with Crippen LogP contribution in [0.15, 0.2) is 17.8 Å². The highest BCUT2D eigenvalue weighted by atomic mass is 35.5. The summed E-state index contributed by atoms with van der Waals surface area (Å²) >= 11 is 7.25. The molecule has 3 aromatic heterocycles. The van der Waals surface area contributed by atoms with Gasteiger partial charge in [0.1, 0.15) is 10.8 Å². The number of halogens is 1. The maximum Gasteiger partial charge on any atom is 0.191 e. The van der Waals surface area contributed by atoms with Crippen molar-refractivity contribution < 1.29 is 0 Å². The van der Waals surface area contributed by atoms with Gasteiger partial charge >= 0.3 is 0 Å². The third-order valence-corrected chi connectivity index (χ3v) is 2.63. The van der Waals surface area contributed by atoms with E-state index in [1.54, 1.807) is 16.0 Å². The van der Waals surface area contributed by atoms with E-state index < -0.39 is 0 Å². The first-order valence-electron chi connectivity index (χ1n) is 3.98. The summed E-state index contributed by atoms with van der Waals surface area (Å²) in [6, 6.07) is 0. The van der Waals surface area contributed by atoms with Crippen LogP contribution in [0.2, 0.25) is 5.15 Å². The maximum atomic E-state index is 6.00. The van der Waals surface area contributed by atoms with E-state index in [-0.39, 0.29) is 0 Å². The molecule has 6 nitrogen and oxygen atoms in total. The summed E-state index contributed by atoms with van der Waals surface area (Å²) in [7, 11) is 0. The molecule has 0 aliphatic heterocycles. The van der Waals surface area contributed by atoms with E-state index in [4.69, 9.17) is 11.6 Å². The molecule has 3 aromatic rings. The lowest BCUT2D eigenvalue weighted by Gasteiger charge is -1.97. The Hall–Kier alpha value is -1.60. The predicted octanol–water partition coefficient (Wildman–Crippen LogP) is 1.30. The largest absolute Gasteiger partial charge is 0.261 e. The first-order valence-corrected chi connectivity index (χ1v) is 5.20. The minimum absolute atomic E-state index is 0.445. The van der Waals surface area contributed by atoms with E-state index in [2.05, 4.69) is 24.8 Å². The average molecular weight is 239 g/mol. The van der Waals surface area contributed by atoms with E-state index >= 15 is 0 Å². The van der Waals surface area contributed by atoms with Crippen molar-refractivity contribution in [1.29, 1.82) is 0 Å². The van der Waals surface area contributed by atoms with Crippen LogP contribution in [0, 0.1) is 0 Å². The first kappa shape index (κ1) is 8.69. The zero-order valence-electron chi connectivity index (χ0n) is 7.20. The van der Waals surface area contributed by atoms with Crippen LogP contribution in [-0.4, -0.2) is 29.2 Å². The van der Waals surface area contributed by atoms with E-state index in [1.165, 1.54) is 17.7 Å². The summed E-state index contributed by atoms with van der Waals surface area (Å²) in [5.41, 5.74) is 1.24. The molecule has 0 aliphatic rings. The Morgan fingerprint density at radius 3 is 2.93 bits per heavy atom. The van der Waals surface area contributed by atoms with E-state index in [0.29, 0.717) is 22.3 Å². The van der Waals surface area contributed by atoms with Gasteiger partial charge in [0.2, 0.25) is 0 Å². The predicted molar refractivity (Wildman–Crippen MR) is 54.7 cm³/mol. The van der Waals surface area contributed by atoms with Crippen molar-refractivity contribution in [2.45, 2.75) is 0 Å². The second-order valence-corrected chi connectivity index (χ2v) is 3.73. The minimum atomic E-state index is 0.445. The molecule has 0 saturated carbocycles. The molecule has 0 saturated heterocycles. The van der Waals surface area contributed by atoms with Crippen LogP contribution in [0.5, 0.6) is 0 Å². The highest BCUT2D eigenvalue weighted by Gasteiger charge is 2.12. The number of rotatable bonds is 1. The third-order valence-electron chi connectivity index (χ3n) is 1.86. The Balaban J connectivity index is 2.37. The van der Waals surface area contributed by atoms with Gasteiger partial charge in [-0.25, -0.2) is 0 Å². The normalized spacial score (nSPS) is 11.0. The second-order valence-electron chi connectivity index (χ2n) is 2.74. The maximum absolute atomic E-state index is 6.00. The topological polar surface area (TPSA) is 68.9 Å². The third kappa shape index (κ3) is 1.28. The lowest BCUT2D eigenvalue weighted by atomic mass is 10.4. The van der Waals surface area contributed by atoms with Gasteiger partial charge in [-0.1, -0.05) is 16.1 Å². The summed E-state index contributed by atoms with van der Waals surface area (Å²) in [5, 5.41) is 14.1. The molecule has 0 fully saturated rings. The Labute approximate surface area is 92.7 Å². The molecule has 0 radical (unpaired) electrons. The van der Waals surface area contributed by atoms with Gasteiger partial charge < -0.3 is 0 Å². The van der Waals surface area contributed by atoms with Crippen molar-refractivity contribution in [3.63, 3.8) is 0 Å². The van der Waals surface area contributed by atoms with Crippen molar-refractivity contribution in [2.24, 2.45) is 0 Å². The van der Waals surface area contributed by atoms with Gasteiger partial charge in [0.25, 0.3) is 0 Å². The van der Waals surface area contributed by atoms with Crippen LogP contribution < -0.4 is 0 Å². The molecule has 0 aliphatic carbocycles. The lowest BCUT2D eigenvalue weighted by Crippen LogP contribution is -1.92. The van der Waals surface area contributed by atoms with E-state index in [1.807, 2.05) is 0 Å². The number of fused-ring (bicyclic) bond motifs is 1. The summed E-state index contributed by atoms with van der Waals surface area (Å²) in [4.78, 5) is 3.92. The molecule has 0 unspecified atom stereocenters. The van der Waals surface area contributed by atoms with Gasteiger partial charge in [0, 0.05) is 5.38 Å². The smallest absolute Gasteiger partial charge is 0.191 e. The molecule has 0 N–H and O–H groups in total. The Bertz CT molecular complexity index is 603. The Morgan fingerprint density at radius 1 is 1.20 bits per heavy atom. The molecule has 0 amide bonds. The zero-order valence-corrected chi connectivity index (χ0v) is 8.77. The van der Waals surface area contributed by atoms with Gasteiger partial charge in [-0.15, -0.1) is 15.3 Å². The standard InChI is InChI=1S/C7H3ClN6S/c8-5-1-9-2-6-11-12-7(14(5)6)4-3-15-13-10-4/h1-3H. The highest BCUT2D eigenvalue weighted by Crippen LogP contribution is 2.20. The fraction of sp³-hybridized carbons (Fsp3) is 0. The quantitative estimate of drug-likeness (QED) is 0.639. The Morgan fingerprint density at radius 2 is 2.13 bits per heavy atom. The molecule has 0 atom stereocenters. The van der Waals surface area contributed by atoms with Crippen molar-refractivity contribution in [3.8, 4) is 11.5 Å². The average Bonchev–Trinajstić information content (AvgIpc) is 2.85. The summed E-state index contributed by atoms with van der Waals surface area (Å²) < 4.78 is 5.44. The molecule has 0 spiro atoms. The molecule has 0 bridgehead atoms. The number of hydrogen-bond acceptors (Lipinski definition) is 6. The van der Waals surface area contributed by atoms with Crippen LogP contribution in [0.1, 0.15) is 0 Å². The SMILES string of the molecule is Clc1cncc2nnc(-c3csnn3)n12. The summed E-state index contributed by atoms with van der Waals surface area (Å²) in [5.74, 6) is 0.575. The van der Waals surface area contributed by atoms with Crippen LogP contribution in [-0.2, 0) is 0 Å². The zero-order chi connectivity index (χ0) is 10.3. The van der Waals surface area contributed by atoms with Crippen molar-refractivity contribution in [1.82, 2.24) is 29.2 Å². The van der Waals surface area contributed by atoms with Gasteiger partial charge in [-0.3, -0.25) is 9.38 Å². The lowest BCUT2D eigenvalue weighted by molar-refractivity contribution is 1.06. The van der Waals surface area contributed by atoms with Crippen LogP contribution in [0.25, 0.3) is 17.2 Å². The molecule has 8 heteroatoms. The molecule has 0 aromatic carbocycles. The fourth-order valence-electron chi connectivity index (χ4n) is 1.24. The van der Waals surface area contributed by atoms with Gasteiger partial charge in [-0.2, -0.15) is 0 Å². The van der Waals surface area contributed by atoms with Crippen molar-refractivity contribution in [3.05, 3.63) is 22.9 Å². The fourth-order valence-corrected chi connectivity index (χ4v) is 1.90. The molecular weight excluding hydrogens is 236 g/mol. The number of nitrogens with zero attached hydrogens (tertiary/aromatic N) is 6. The Kier molecular flexibility index (Phi) is 1.86. The first-order chi connectivity index (χ1) is 7.36. The molecular formula is C7H3ClN6S. The van der Waals surface area contributed by atoms with Crippen molar-refractivity contribution in [2.75, 3.05) is 0 Å². The minimum Gasteiger partial charge on any atom is -0.261 e. The summed E-state index contributed by atoms with van der Waals surface area (Å²) in [6.07, 6.45) is 3.11. The van der Waals surface area contributed by atoms with E-state index in [9.17, 15) is 0 Å². The number of hydrogen-bond donors (Lipinski definition) is 0. The molecule has 74 valence electrons. The second kappa shape index (κ2) is 3.21. The van der Waals surface area contributed by atoms with Gasteiger partial charge in [-0.05, 0) is 11.5 Å². The molecule has 15 heavy (non-hydrogen) atoms. The monoisotopic (exact) mass is 238 g/mol. The van der Waals surface area contributed by atoms with Crippen LogP contribution in [0.4, 0.5) is 0 Å². The summed E-state index contributed by atoms with van der Waals surface area (Å²) in [6.45, 7) is 0. The van der Waals surface area contributed by atoms with Crippen LogP contribution in [0.3, 0.4) is 0 Å². The van der Waals surface area contributed by atoms with Gasteiger partial charge in [0.05, 0.1) is 12.4 Å². The van der Waals surface area contributed by atoms with E-state index in [0.717, 1.165) is 0 Å². The van der Waals surface area contributed by atoms with Crippen molar-refractivity contribution >= 4 is 28.8 Å². The molecule has 3 heterocycles. The molecule has 3 rings (SSSR count). The van der Waals surface area contributed by atoms with Gasteiger partial charge in [0.15, 0.2) is 11.5 Å². The highest BCUT2D eigenvalue weighted by molar-refractivity contribution is 7.03.